The third-order valence-corrected chi connectivity index (χ3v) is 4.38. The van der Waals surface area contributed by atoms with Gasteiger partial charge in [-0.1, -0.05) is 65.7 Å². The summed E-state index contributed by atoms with van der Waals surface area (Å²) in [5, 5.41) is 12.7. The van der Waals surface area contributed by atoms with Gasteiger partial charge in [0.05, 0.1) is 0 Å². The van der Waals surface area contributed by atoms with Gasteiger partial charge in [-0.15, -0.1) is 0 Å². The zero-order chi connectivity index (χ0) is 20.6. The predicted octanol–water partition coefficient (Wildman–Crippen LogP) is 5.77. The number of carbonyl (C=O) groups excluding carboxylic acids is 1. The lowest BCUT2D eigenvalue weighted by atomic mass is 10.1. The molecule has 1 amide bonds. The van der Waals surface area contributed by atoms with Gasteiger partial charge in [-0.3, -0.25) is 4.79 Å². The van der Waals surface area contributed by atoms with Gasteiger partial charge in [0.2, 0.25) is 0 Å². The fourth-order valence-corrected chi connectivity index (χ4v) is 2.95. The maximum absolute atomic E-state index is 12.5. The molecule has 0 saturated heterocycles. The molecule has 0 spiro atoms. The van der Waals surface area contributed by atoms with Crippen LogP contribution < -0.4 is 10.1 Å². The summed E-state index contributed by atoms with van der Waals surface area (Å²) in [6.07, 6.45) is 1.52. The fourth-order valence-electron chi connectivity index (χ4n) is 2.76. The fraction of sp³-hybridized carbons (Fsp3) is 0.0833. The lowest BCUT2D eigenvalue weighted by Gasteiger charge is -2.10. The van der Waals surface area contributed by atoms with Crippen LogP contribution in [0.2, 0.25) is 5.02 Å². The molecule has 3 aromatic carbocycles. The van der Waals surface area contributed by atoms with Crippen LogP contribution in [0.15, 0.2) is 78.4 Å². The highest BCUT2D eigenvalue weighted by atomic mass is 35.5. The van der Waals surface area contributed by atoms with E-state index in [0.29, 0.717) is 28.6 Å². The van der Waals surface area contributed by atoms with Crippen LogP contribution in [0.3, 0.4) is 0 Å². The van der Waals surface area contributed by atoms with Gasteiger partial charge in [0.25, 0.3) is 5.91 Å². The Morgan fingerprint density at radius 1 is 1.10 bits per heavy atom. The van der Waals surface area contributed by atoms with E-state index >= 15 is 0 Å². The number of nitrogens with one attached hydrogen (secondary N) is 1. The number of carbonyl (C=O) groups is 1. The number of benzene rings is 3. The molecule has 3 rings (SSSR count). The first-order valence-corrected chi connectivity index (χ1v) is 9.39. The van der Waals surface area contributed by atoms with Gasteiger partial charge in [-0.05, 0) is 42.8 Å². The van der Waals surface area contributed by atoms with Crippen LogP contribution in [0.5, 0.6) is 5.75 Å². The highest BCUT2D eigenvalue weighted by molar-refractivity contribution is 6.31. The molecular formula is C24H19ClN2O2. The number of hydrogen-bond donors (Lipinski definition) is 1. The van der Waals surface area contributed by atoms with Crippen LogP contribution in [0.4, 0.5) is 5.69 Å². The second kappa shape index (κ2) is 9.59. The molecule has 4 nitrogen and oxygen atoms in total. The molecule has 0 unspecified atom stereocenters. The van der Waals surface area contributed by atoms with Crippen molar-refractivity contribution in [3.05, 3.63) is 100 Å². The molecule has 0 aliphatic rings. The molecular weight excluding hydrogens is 384 g/mol. The lowest BCUT2D eigenvalue weighted by Crippen LogP contribution is -2.13. The molecule has 5 heteroatoms. The van der Waals surface area contributed by atoms with Gasteiger partial charge >= 0.3 is 0 Å². The van der Waals surface area contributed by atoms with Crippen molar-refractivity contribution < 1.29 is 9.53 Å². The summed E-state index contributed by atoms with van der Waals surface area (Å²) < 4.78 is 5.93. The maximum Gasteiger partial charge on any atom is 0.266 e. The number of nitrogens with zero attached hydrogens (tertiary/aromatic N) is 1. The Hall–Kier alpha value is -3.55. The van der Waals surface area contributed by atoms with Crippen LogP contribution in [0, 0.1) is 18.3 Å². The van der Waals surface area contributed by atoms with E-state index in [1.165, 1.54) is 6.08 Å². The monoisotopic (exact) mass is 402 g/mol. The maximum atomic E-state index is 12.5. The van der Waals surface area contributed by atoms with E-state index in [1.807, 2.05) is 49.4 Å². The van der Waals surface area contributed by atoms with Gasteiger partial charge in [0.15, 0.2) is 0 Å². The molecule has 0 fully saturated rings. The minimum Gasteiger partial charge on any atom is -0.488 e. The molecule has 0 saturated carbocycles. The Kier molecular flexibility index (Phi) is 6.67. The number of para-hydroxylation sites is 1. The Morgan fingerprint density at radius 3 is 2.66 bits per heavy atom. The predicted molar refractivity (Wildman–Crippen MR) is 116 cm³/mol. The minimum absolute atomic E-state index is 0.0309. The first-order valence-electron chi connectivity index (χ1n) is 9.01. The van der Waals surface area contributed by atoms with Crippen molar-refractivity contribution >= 4 is 29.3 Å². The Bertz CT molecular complexity index is 1100. The summed E-state index contributed by atoms with van der Waals surface area (Å²) in [7, 11) is 0. The molecule has 3 aromatic rings. The van der Waals surface area contributed by atoms with Crippen LogP contribution >= 0.6 is 11.6 Å². The van der Waals surface area contributed by atoms with E-state index in [0.717, 1.165) is 11.1 Å². The van der Waals surface area contributed by atoms with Crippen molar-refractivity contribution in [2.45, 2.75) is 13.5 Å². The molecule has 0 aliphatic heterocycles. The van der Waals surface area contributed by atoms with Gasteiger partial charge in [0.1, 0.15) is 24.0 Å². The summed E-state index contributed by atoms with van der Waals surface area (Å²) in [6, 6.07) is 24.0. The first kappa shape index (κ1) is 20.2. The Balaban J connectivity index is 1.78. The molecule has 29 heavy (non-hydrogen) atoms. The van der Waals surface area contributed by atoms with E-state index in [9.17, 15) is 10.1 Å². The minimum atomic E-state index is -0.511. The average Bonchev–Trinajstić information content (AvgIpc) is 2.71. The number of rotatable bonds is 6. The van der Waals surface area contributed by atoms with Gasteiger partial charge in [-0.2, -0.15) is 5.26 Å². The van der Waals surface area contributed by atoms with Crippen LogP contribution in [0.1, 0.15) is 16.7 Å². The van der Waals surface area contributed by atoms with Crippen molar-refractivity contribution in [3.63, 3.8) is 0 Å². The number of ether oxygens (including phenoxy) is 1. The molecule has 0 radical (unpaired) electrons. The van der Waals surface area contributed by atoms with Crippen molar-refractivity contribution in [3.8, 4) is 11.8 Å². The molecule has 144 valence electrons. The summed E-state index contributed by atoms with van der Waals surface area (Å²) in [4.78, 5) is 12.5. The molecule has 0 bridgehead atoms. The molecule has 1 N–H and O–H groups in total. The topological polar surface area (TPSA) is 62.1 Å². The van der Waals surface area contributed by atoms with Crippen molar-refractivity contribution in [1.29, 1.82) is 5.26 Å². The van der Waals surface area contributed by atoms with E-state index in [-0.39, 0.29) is 5.57 Å². The Morgan fingerprint density at radius 2 is 1.90 bits per heavy atom. The molecule has 0 aromatic heterocycles. The van der Waals surface area contributed by atoms with Gasteiger partial charge < -0.3 is 10.1 Å². The largest absolute Gasteiger partial charge is 0.488 e. The summed E-state index contributed by atoms with van der Waals surface area (Å²) in [6.45, 7) is 2.42. The van der Waals surface area contributed by atoms with Gasteiger partial charge in [-0.25, -0.2) is 0 Å². The standard InChI is InChI=1S/C24H19ClN2O2/c1-17-6-4-7-18(12-17)16-29-23-11-3-2-8-19(23)13-20(15-26)24(28)27-22-10-5-9-21(25)14-22/h2-14H,16H2,1H3,(H,27,28)/b20-13+. The second-order valence-electron chi connectivity index (χ2n) is 6.45. The number of amides is 1. The number of halogens is 1. The number of nitriles is 1. The third-order valence-electron chi connectivity index (χ3n) is 4.14. The van der Waals surface area contributed by atoms with Crippen LogP contribution in [-0.2, 0) is 11.4 Å². The average molecular weight is 403 g/mol. The summed E-state index contributed by atoms with van der Waals surface area (Å²) in [5.74, 6) is 0.0839. The summed E-state index contributed by atoms with van der Waals surface area (Å²) >= 11 is 5.94. The second-order valence-corrected chi connectivity index (χ2v) is 6.89. The van der Waals surface area contributed by atoms with Crippen molar-refractivity contribution in [1.82, 2.24) is 0 Å². The normalized spacial score (nSPS) is 10.9. The lowest BCUT2D eigenvalue weighted by molar-refractivity contribution is -0.112. The van der Waals surface area contributed by atoms with E-state index in [2.05, 4.69) is 11.4 Å². The molecule has 0 heterocycles. The van der Waals surface area contributed by atoms with E-state index in [1.54, 1.807) is 30.3 Å². The van der Waals surface area contributed by atoms with Crippen LogP contribution in [0.25, 0.3) is 6.08 Å². The number of anilines is 1. The zero-order valence-corrected chi connectivity index (χ0v) is 16.6. The van der Waals surface area contributed by atoms with Gasteiger partial charge in [0, 0.05) is 16.3 Å². The smallest absolute Gasteiger partial charge is 0.266 e. The molecule has 0 aliphatic carbocycles. The zero-order valence-electron chi connectivity index (χ0n) is 15.9. The highest BCUT2D eigenvalue weighted by Crippen LogP contribution is 2.23. The summed E-state index contributed by atoms with van der Waals surface area (Å²) in [5.41, 5.74) is 3.34. The van der Waals surface area contributed by atoms with Crippen molar-refractivity contribution in [2.75, 3.05) is 5.32 Å². The Labute approximate surface area is 175 Å². The van der Waals surface area contributed by atoms with E-state index in [4.69, 9.17) is 16.3 Å². The first-order chi connectivity index (χ1) is 14.0. The highest BCUT2D eigenvalue weighted by Gasteiger charge is 2.11. The third kappa shape index (κ3) is 5.71. The quantitative estimate of drug-likeness (QED) is 0.420. The van der Waals surface area contributed by atoms with Crippen molar-refractivity contribution in [2.24, 2.45) is 0 Å². The number of aryl methyl sites for hydroxylation is 1. The van der Waals surface area contributed by atoms with E-state index < -0.39 is 5.91 Å². The van der Waals surface area contributed by atoms with Crippen LogP contribution in [-0.4, -0.2) is 5.91 Å². The molecule has 0 atom stereocenters. The SMILES string of the molecule is Cc1cccc(COc2ccccc2/C=C(\C#N)C(=O)Nc2cccc(Cl)c2)c1. The number of hydrogen-bond acceptors (Lipinski definition) is 3.